The van der Waals surface area contributed by atoms with Gasteiger partial charge >= 0.3 is 0 Å². The summed E-state index contributed by atoms with van der Waals surface area (Å²) in [6.07, 6.45) is 4.98. The molecule has 0 saturated heterocycles. The van der Waals surface area contributed by atoms with Crippen molar-refractivity contribution in [2.45, 2.75) is 52.5 Å². The van der Waals surface area contributed by atoms with Crippen LogP contribution in [0, 0.1) is 6.92 Å². The Labute approximate surface area is 108 Å². The minimum Gasteiger partial charge on any atom is -0.382 e. The minimum atomic E-state index is 0.614. The molecule has 0 aromatic heterocycles. The standard InChI is InChI=1S/C14H22BrN/c1-4-7-12(8-5-2)16-14-10-6-9-13(15)11(14)3/h6,9-10,12,16H,4-5,7-8H2,1-3H3. The number of benzene rings is 1. The third kappa shape index (κ3) is 3.82. The van der Waals surface area contributed by atoms with Crippen LogP contribution in [0.2, 0.25) is 0 Å². The molecule has 1 nitrogen and oxygen atoms in total. The molecule has 0 radical (unpaired) electrons. The van der Waals surface area contributed by atoms with Crippen LogP contribution in [-0.4, -0.2) is 6.04 Å². The number of hydrogen-bond donors (Lipinski definition) is 1. The molecule has 0 aliphatic heterocycles. The van der Waals surface area contributed by atoms with Gasteiger partial charge in [-0.05, 0) is 37.5 Å². The van der Waals surface area contributed by atoms with E-state index in [1.165, 1.54) is 41.4 Å². The second-order valence-corrected chi connectivity index (χ2v) is 5.19. The molecule has 2 heteroatoms. The van der Waals surface area contributed by atoms with Crippen LogP contribution in [-0.2, 0) is 0 Å². The lowest BCUT2D eigenvalue weighted by molar-refractivity contribution is 0.586. The minimum absolute atomic E-state index is 0.614. The van der Waals surface area contributed by atoms with E-state index in [9.17, 15) is 0 Å². The van der Waals surface area contributed by atoms with Gasteiger partial charge in [0.1, 0.15) is 0 Å². The molecule has 0 amide bonds. The number of nitrogens with one attached hydrogen (secondary N) is 1. The van der Waals surface area contributed by atoms with Crippen LogP contribution >= 0.6 is 15.9 Å². The summed E-state index contributed by atoms with van der Waals surface area (Å²) in [6.45, 7) is 6.65. The molecule has 1 aromatic carbocycles. The maximum absolute atomic E-state index is 3.66. The second kappa shape index (κ2) is 6.95. The van der Waals surface area contributed by atoms with Crippen molar-refractivity contribution in [3.8, 4) is 0 Å². The Morgan fingerprint density at radius 1 is 1.19 bits per heavy atom. The summed E-state index contributed by atoms with van der Waals surface area (Å²) in [5.41, 5.74) is 2.57. The first kappa shape index (κ1) is 13.6. The SMILES string of the molecule is CCCC(CCC)Nc1cccc(Br)c1C. The first-order valence-electron chi connectivity index (χ1n) is 6.20. The maximum Gasteiger partial charge on any atom is 0.0383 e. The highest BCUT2D eigenvalue weighted by Gasteiger charge is 2.08. The van der Waals surface area contributed by atoms with Crippen LogP contribution in [0.5, 0.6) is 0 Å². The normalized spacial score (nSPS) is 10.8. The zero-order valence-electron chi connectivity index (χ0n) is 10.5. The predicted molar refractivity (Wildman–Crippen MR) is 76.1 cm³/mol. The molecule has 0 heterocycles. The van der Waals surface area contributed by atoms with Crippen LogP contribution < -0.4 is 5.32 Å². The molecule has 1 aromatic rings. The van der Waals surface area contributed by atoms with E-state index in [0.717, 1.165) is 0 Å². The molecule has 1 rings (SSSR count). The molecule has 0 aliphatic rings. The highest BCUT2D eigenvalue weighted by molar-refractivity contribution is 9.10. The van der Waals surface area contributed by atoms with Crippen molar-refractivity contribution in [2.24, 2.45) is 0 Å². The molecule has 0 spiro atoms. The monoisotopic (exact) mass is 283 g/mol. The molecule has 16 heavy (non-hydrogen) atoms. The topological polar surface area (TPSA) is 12.0 Å². The largest absolute Gasteiger partial charge is 0.382 e. The Bertz CT molecular complexity index is 317. The smallest absolute Gasteiger partial charge is 0.0383 e. The van der Waals surface area contributed by atoms with Gasteiger partial charge in [0.25, 0.3) is 0 Å². The Morgan fingerprint density at radius 3 is 2.38 bits per heavy atom. The van der Waals surface area contributed by atoms with E-state index < -0.39 is 0 Å². The van der Waals surface area contributed by atoms with Gasteiger partial charge in [-0.25, -0.2) is 0 Å². The molecule has 0 unspecified atom stereocenters. The highest BCUT2D eigenvalue weighted by Crippen LogP contribution is 2.25. The van der Waals surface area contributed by atoms with Crippen molar-refractivity contribution in [2.75, 3.05) is 5.32 Å². The lowest BCUT2D eigenvalue weighted by atomic mass is 10.1. The van der Waals surface area contributed by atoms with Gasteiger partial charge in [-0.3, -0.25) is 0 Å². The van der Waals surface area contributed by atoms with Gasteiger partial charge < -0.3 is 5.32 Å². The van der Waals surface area contributed by atoms with Crippen molar-refractivity contribution < 1.29 is 0 Å². The summed E-state index contributed by atoms with van der Waals surface area (Å²) < 4.78 is 1.18. The van der Waals surface area contributed by atoms with Crippen LogP contribution in [0.4, 0.5) is 5.69 Å². The van der Waals surface area contributed by atoms with Crippen LogP contribution in [0.1, 0.15) is 45.1 Å². The van der Waals surface area contributed by atoms with E-state index in [-0.39, 0.29) is 0 Å². The van der Waals surface area contributed by atoms with Crippen molar-refractivity contribution in [3.63, 3.8) is 0 Å². The molecule has 1 N–H and O–H groups in total. The summed E-state index contributed by atoms with van der Waals surface area (Å²) in [5, 5.41) is 3.66. The van der Waals surface area contributed by atoms with Gasteiger partial charge in [0, 0.05) is 16.2 Å². The van der Waals surface area contributed by atoms with E-state index in [4.69, 9.17) is 0 Å². The maximum atomic E-state index is 3.66. The van der Waals surface area contributed by atoms with Crippen molar-refractivity contribution in [1.29, 1.82) is 0 Å². The summed E-state index contributed by atoms with van der Waals surface area (Å²) in [4.78, 5) is 0. The average molecular weight is 284 g/mol. The third-order valence-electron chi connectivity index (χ3n) is 2.90. The molecule has 90 valence electrons. The first-order valence-corrected chi connectivity index (χ1v) is 7.00. The quantitative estimate of drug-likeness (QED) is 0.762. The van der Waals surface area contributed by atoms with Gasteiger partial charge in [-0.15, -0.1) is 0 Å². The van der Waals surface area contributed by atoms with Crippen molar-refractivity contribution in [3.05, 3.63) is 28.2 Å². The van der Waals surface area contributed by atoms with E-state index in [1.807, 2.05) is 0 Å². The van der Waals surface area contributed by atoms with Gasteiger partial charge in [0.15, 0.2) is 0 Å². The highest BCUT2D eigenvalue weighted by atomic mass is 79.9. The molecule has 0 saturated carbocycles. The Kier molecular flexibility index (Phi) is 5.89. The molecular weight excluding hydrogens is 262 g/mol. The van der Waals surface area contributed by atoms with Gasteiger partial charge in [0.2, 0.25) is 0 Å². The molecule has 0 atom stereocenters. The number of hydrogen-bond acceptors (Lipinski definition) is 1. The summed E-state index contributed by atoms with van der Waals surface area (Å²) in [7, 11) is 0. The van der Waals surface area contributed by atoms with E-state index >= 15 is 0 Å². The van der Waals surface area contributed by atoms with E-state index in [2.05, 4.69) is 60.2 Å². The molecule has 0 aliphatic carbocycles. The Morgan fingerprint density at radius 2 is 1.81 bits per heavy atom. The fourth-order valence-corrected chi connectivity index (χ4v) is 2.34. The van der Waals surface area contributed by atoms with Crippen molar-refractivity contribution in [1.82, 2.24) is 0 Å². The lowest BCUT2D eigenvalue weighted by Crippen LogP contribution is -2.19. The predicted octanol–water partition coefficient (Wildman–Crippen LogP) is 5.14. The third-order valence-corrected chi connectivity index (χ3v) is 3.76. The summed E-state index contributed by atoms with van der Waals surface area (Å²) in [5.74, 6) is 0. The summed E-state index contributed by atoms with van der Waals surface area (Å²) in [6, 6.07) is 6.96. The van der Waals surface area contributed by atoms with E-state index in [1.54, 1.807) is 0 Å². The van der Waals surface area contributed by atoms with Gasteiger partial charge in [-0.1, -0.05) is 48.7 Å². The van der Waals surface area contributed by atoms with Crippen LogP contribution in [0.15, 0.2) is 22.7 Å². The molecule has 0 fully saturated rings. The first-order chi connectivity index (χ1) is 7.69. The fraction of sp³-hybridized carbons (Fsp3) is 0.571. The van der Waals surface area contributed by atoms with Crippen molar-refractivity contribution >= 4 is 21.6 Å². The van der Waals surface area contributed by atoms with Gasteiger partial charge in [-0.2, -0.15) is 0 Å². The zero-order chi connectivity index (χ0) is 12.0. The number of anilines is 1. The molecular formula is C14H22BrN. The van der Waals surface area contributed by atoms with Gasteiger partial charge in [0.05, 0.1) is 0 Å². The second-order valence-electron chi connectivity index (χ2n) is 4.33. The van der Waals surface area contributed by atoms with Crippen LogP contribution in [0.3, 0.4) is 0 Å². The summed E-state index contributed by atoms with van der Waals surface area (Å²) >= 11 is 3.57. The Hall–Kier alpha value is -0.500. The molecule has 0 bridgehead atoms. The fourth-order valence-electron chi connectivity index (χ4n) is 1.97. The lowest BCUT2D eigenvalue weighted by Gasteiger charge is -2.20. The number of rotatable bonds is 6. The Balaban J connectivity index is 2.72. The average Bonchev–Trinajstić information content (AvgIpc) is 2.25. The van der Waals surface area contributed by atoms with Crippen LogP contribution in [0.25, 0.3) is 0 Å². The van der Waals surface area contributed by atoms with E-state index in [0.29, 0.717) is 6.04 Å². The number of halogens is 1. The zero-order valence-corrected chi connectivity index (χ0v) is 12.1.